The number of rotatable bonds is 5. The molecule has 4 rings (SSSR count). The summed E-state index contributed by atoms with van der Waals surface area (Å²) in [6.45, 7) is 1.80. The number of amides is 1. The summed E-state index contributed by atoms with van der Waals surface area (Å²) in [4.78, 5) is 31.9. The second-order valence-corrected chi connectivity index (χ2v) is 8.78. The molecule has 0 saturated carbocycles. The summed E-state index contributed by atoms with van der Waals surface area (Å²) in [7, 11) is 1.60. The predicted molar refractivity (Wildman–Crippen MR) is 120 cm³/mol. The molecule has 1 amide bonds. The molecule has 29 heavy (non-hydrogen) atoms. The van der Waals surface area contributed by atoms with E-state index in [0.29, 0.717) is 15.4 Å². The van der Waals surface area contributed by atoms with Crippen LogP contribution < -0.4 is 10.9 Å². The van der Waals surface area contributed by atoms with Crippen molar-refractivity contribution in [3.8, 4) is 16.1 Å². The van der Waals surface area contributed by atoms with E-state index in [-0.39, 0.29) is 16.7 Å². The van der Waals surface area contributed by atoms with Crippen molar-refractivity contribution in [3.63, 3.8) is 0 Å². The van der Waals surface area contributed by atoms with E-state index < -0.39 is 0 Å². The molecular weight excluding hydrogens is 402 g/mol. The second kappa shape index (κ2) is 8.23. The lowest BCUT2D eigenvalue weighted by Gasteiger charge is -2.14. The fraction of sp³-hybridized carbons (Fsp3) is 0.136. The molecule has 0 radical (unpaired) electrons. The molecule has 2 heterocycles. The van der Waals surface area contributed by atoms with Gasteiger partial charge in [-0.3, -0.25) is 14.2 Å². The Bertz CT molecular complexity index is 1220. The van der Waals surface area contributed by atoms with Crippen LogP contribution in [0.2, 0.25) is 0 Å². The van der Waals surface area contributed by atoms with Crippen LogP contribution >= 0.6 is 23.1 Å². The molecule has 2 aromatic heterocycles. The van der Waals surface area contributed by atoms with Crippen LogP contribution in [0.5, 0.6) is 0 Å². The molecule has 5 nitrogen and oxygen atoms in total. The minimum atomic E-state index is -0.382. The lowest BCUT2D eigenvalue weighted by Crippen LogP contribution is -2.29. The average Bonchev–Trinajstić information content (AvgIpc) is 3.19. The Morgan fingerprint density at radius 2 is 1.76 bits per heavy atom. The van der Waals surface area contributed by atoms with E-state index >= 15 is 0 Å². The molecule has 2 aromatic carbocycles. The molecule has 0 fully saturated rings. The van der Waals surface area contributed by atoms with Gasteiger partial charge in [-0.25, -0.2) is 4.98 Å². The number of hydrogen-bond acceptors (Lipinski definition) is 5. The first-order valence-corrected chi connectivity index (χ1v) is 10.8. The van der Waals surface area contributed by atoms with Crippen molar-refractivity contribution in [1.82, 2.24) is 14.9 Å². The highest BCUT2D eigenvalue weighted by Gasteiger charge is 2.21. The van der Waals surface area contributed by atoms with Gasteiger partial charge in [0.1, 0.15) is 4.83 Å². The van der Waals surface area contributed by atoms with Gasteiger partial charge in [0.25, 0.3) is 5.56 Å². The Labute approximate surface area is 176 Å². The standard InChI is InChI=1S/C22H19N3O2S2/c1-14(19(26)23-2)28-22-24-20-17(13-18(29-20)15-9-5-3-6-10-15)21(27)25(22)16-11-7-4-8-12-16/h3-14H,1-2H3,(H,23,26). The van der Waals surface area contributed by atoms with Crippen LogP contribution in [0.4, 0.5) is 0 Å². The van der Waals surface area contributed by atoms with E-state index in [2.05, 4.69) is 5.32 Å². The third-order valence-electron chi connectivity index (χ3n) is 4.50. The van der Waals surface area contributed by atoms with Gasteiger partial charge in [0, 0.05) is 11.9 Å². The summed E-state index contributed by atoms with van der Waals surface area (Å²) in [6, 6.07) is 21.3. The number of thiophene rings is 1. The van der Waals surface area contributed by atoms with Gasteiger partial charge >= 0.3 is 0 Å². The van der Waals surface area contributed by atoms with E-state index in [1.807, 2.05) is 66.7 Å². The van der Waals surface area contributed by atoms with E-state index in [1.165, 1.54) is 23.1 Å². The molecular formula is C22H19N3O2S2. The summed E-state index contributed by atoms with van der Waals surface area (Å²) >= 11 is 2.76. The highest BCUT2D eigenvalue weighted by Crippen LogP contribution is 2.33. The van der Waals surface area contributed by atoms with Crippen molar-refractivity contribution in [2.24, 2.45) is 0 Å². The van der Waals surface area contributed by atoms with Gasteiger partial charge in [-0.2, -0.15) is 0 Å². The number of hydrogen-bond donors (Lipinski definition) is 1. The van der Waals surface area contributed by atoms with Gasteiger partial charge < -0.3 is 5.32 Å². The van der Waals surface area contributed by atoms with Gasteiger partial charge in [0.2, 0.25) is 5.91 Å². The first-order chi connectivity index (χ1) is 14.1. The number of nitrogens with one attached hydrogen (secondary N) is 1. The fourth-order valence-corrected chi connectivity index (χ4v) is 5.07. The topological polar surface area (TPSA) is 64.0 Å². The Morgan fingerprint density at radius 1 is 1.10 bits per heavy atom. The van der Waals surface area contributed by atoms with E-state index in [9.17, 15) is 9.59 Å². The lowest BCUT2D eigenvalue weighted by atomic mass is 10.2. The Hall–Kier alpha value is -2.90. The molecule has 7 heteroatoms. The zero-order valence-corrected chi connectivity index (χ0v) is 17.6. The minimum absolute atomic E-state index is 0.111. The molecule has 1 N–H and O–H groups in total. The summed E-state index contributed by atoms with van der Waals surface area (Å²) in [5.74, 6) is -0.111. The van der Waals surface area contributed by atoms with Gasteiger partial charge in [0.05, 0.1) is 16.3 Å². The van der Waals surface area contributed by atoms with Gasteiger partial charge in [0.15, 0.2) is 5.16 Å². The normalized spacial score (nSPS) is 12.1. The summed E-state index contributed by atoms with van der Waals surface area (Å²) in [5, 5.41) is 3.35. The predicted octanol–water partition coefficient (Wildman–Crippen LogP) is 4.34. The number of carbonyl (C=O) groups excluding carboxylic acids is 1. The van der Waals surface area contributed by atoms with Crippen LogP contribution in [0, 0.1) is 0 Å². The molecule has 4 aromatic rings. The molecule has 0 aliphatic rings. The second-order valence-electron chi connectivity index (χ2n) is 6.44. The number of para-hydroxylation sites is 1. The van der Waals surface area contributed by atoms with Crippen molar-refractivity contribution in [1.29, 1.82) is 0 Å². The Kier molecular flexibility index (Phi) is 5.51. The first kappa shape index (κ1) is 19.4. The maximum atomic E-state index is 13.4. The third-order valence-corrected chi connectivity index (χ3v) is 6.64. The third kappa shape index (κ3) is 3.83. The zero-order valence-electron chi connectivity index (χ0n) is 16.0. The monoisotopic (exact) mass is 421 g/mol. The number of fused-ring (bicyclic) bond motifs is 1. The van der Waals surface area contributed by atoms with Crippen molar-refractivity contribution < 1.29 is 4.79 Å². The molecule has 0 bridgehead atoms. The molecule has 0 spiro atoms. The van der Waals surface area contributed by atoms with Crippen molar-refractivity contribution in [2.75, 3.05) is 7.05 Å². The first-order valence-electron chi connectivity index (χ1n) is 9.14. The summed E-state index contributed by atoms with van der Waals surface area (Å²) in [5.41, 5.74) is 1.64. The van der Waals surface area contributed by atoms with E-state index in [0.717, 1.165) is 16.1 Å². The SMILES string of the molecule is CNC(=O)C(C)Sc1nc2sc(-c3ccccc3)cc2c(=O)n1-c1ccccc1. The quantitative estimate of drug-likeness (QED) is 0.385. The highest BCUT2D eigenvalue weighted by atomic mass is 32.2. The number of nitrogens with zero attached hydrogens (tertiary/aromatic N) is 2. The molecule has 0 aliphatic carbocycles. The maximum absolute atomic E-state index is 13.4. The van der Waals surface area contributed by atoms with Crippen molar-refractivity contribution in [2.45, 2.75) is 17.3 Å². The lowest BCUT2D eigenvalue weighted by molar-refractivity contribution is -0.119. The van der Waals surface area contributed by atoms with E-state index in [4.69, 9.17) is 4.98 Å². The van der Waals surface area contributed by atoms with Gasteiger partial charge in [-0.15, -0.1) is 11.3 Å². The molecule has 1 atom stereocenters. The van der Waals surface area contributed by atoms with E-state index in [1.54, 1.807) is 18.5 Å². The highest BCUT2D eigenvalue weighted by molar-refractivity contribution is 8.00. The number of carbonyl (C=O) groups is 1. The molecule has 0 aliphatic heterocycles. The molecule has 1 unspecified atom stereocenters. The van der Waals surface area contributed by atoms with Gasteiger partial charge in [-0.05, 0) is 30.7 Å². The Morgan fingerprint density at radius 3 is 2.41 bits per heavy atom. The van der Waals surface area contributed by atoms with Crippen LogP contribution in [-0.4, -0.2) is 27.8 Å². The van der Waals surface area contributed by atoms with Crippen molar-refractivity contribution in [3.05, 3.63) is 77.1 Å². The van der Waals surface area contributed by atoms with Crippen LogP contribution in [0.1, 0.15) is 6.92 Å². The van der Waals surface area contributed by atoms with Crippen LogP contribution in [-0.2, 0) is 4.79 Å². The van der Waals surface area contributed by atoms with Crippen LogP contribution in [0.25, 0.3) is 26.3 Å². The largest absolute Gasteiger partial charge is 0.358 e. The van der Waals surface area contributed by atoms with Crippen LogP contribution in [0.15, 0.2) is 76.7 Å². The number of thioether (sulfide) groups is 1. The molecule has 146 valence electrons. The summed E-state index contributed by atoms with van der Waals surface area (Å²) < 4.78 is 1.59. The summed E-state index contributed by atoms with van der Waals surface area (Å²) in [6.07, 6.45) is 0. The van der Waals surface area contributed by atoms with Crippen LogP contribution in [0.3, 0.4) is 0 Å². The molecule has 0 saturated heterocycles. The zero-order chi connectivity index (χ0) is 20.4. The Balaban J connectivity index is 1.92. The fourth-order valence-electron chi connectivity index (χ4n) is 3.01. The average molecular weight is 422 g/mol. The number of benzene rings is 2. The number of aromatic nitrogens is 2. The minimum Gasteiger partial charge on any atom is -0.358 e. The van der Waals surface area contributed by atoms with Crippen molar-refractivity contribution >= 4 is 39.2 Å². The van der Waals surface area contributed by atoms with Gasteiger partial charge in [-0.1, -0.05) is 60.3 Å². The smallest absolute Gasteiger partial charge is 0.267 e. The maximum Gasteiger partial charge on any atom is 0.267 e.